The topological polar surface area (TPSA) is 55.1 Å². The number of anilines is 2. The third-order valence-corrected chi connectivity index (χ3v) is 3.64. The van der Waals surface area contributed by atoms with E-state index in [1.54, 1.807) is 18.2 Å². The van der Waals surface area contributed by atoms with Gasteiger partial charge in [-0.05, 0) is 52.5 Å². The van der Waals surface area contributed by atoms with E-state index >= 15 is 0 Å². The summed E-state index contributed by atoms with van der Waals surface area (Å²) < 4.78 is 0.800. The maximum atomic E-state index is 11.9. The first kappa shape index (κ1) is 14.6. The zero-order chi connectivity index (χ0) is 14.4. The molecule has 0 aliphatic carbocycles. The Hall–Kier alpha value is -1.81. The van der Waals surface area contributed by atoms with Gasteiger partial charge in [-0.15, -0.1) is 0 Å². The van der Waals surface area contributed by atoms with Gasteiger partial charge in [0.25, 0.3) is 0 Å². The molecule has 0 aliphatic rings. The van der Waals surface area contributed by atoms with Crippen LogP contribution in [0.15, 0.2) is 53.0 Å². The molecule has 3 nitrogen and oxygen atoms in total. The molecule has 2 aromatic carbocycles. The first-order chi connectivity index (χ1) is 9.65. The lowest BCUT2D eigenvalue weighted by atomic mass is 10.1. The standard InChI is InChI=1S/C16H17BrN2O/c17-14-11-13(18)9-10-15(14)19-16(20)8-4-7-12-5-2-1-3-6-12/h1-3,5-6,9-11H,4,7-8,18H2,(H,19,20). The van der Waals surface area contributed by atoms with E-state index in [1.807, 2.05) is 18.2 Å². The van der Waals surface area contributed by atoms with Gasteiger partial charge in [0.05, 0.1) is 5.69 Å². The summed E-state index contributed by atoms with van der Waals surface area (Å²) in [6.45, 7) is 0. The first-order valence-corrected chi connectivity index (χ1v) is 7.33. The molecule has 0 saturated carbocycles. The molecule has 1 amide bonds. The lowest BCUT2D eigenvalue weighted by molar-refractivity contribution is -0.116. The van der Waals surface area contributed by atoms with Gasteiger partial charge in [-0.25, -0.2) is 0 Å². The van der Waals surface area contributed by atoms with Crippen molar-refractivity contribution in [3.63, 3.8) is 0 Å². The van der Waals surface area contributed by atoms with E-state index in [0.717, 1.165) is 23.0 Å². The highest BCUT2D eigenvalue weighted by molar-refractivity contribution is 9.10. The second-order valence-electron chi connectivity index (χ2n) is 4.63. The van der Waals surface area contributed by atoms with Crippen LogP contribution in [0.5, 0.6) is 0 Å². The van der Waals surface area contributed by atoms with E-state index in [2.05, 4.69) is 33.4 Å². The number of hydrogen-bond donors (Lipinski definition) is 2. The van der Waals surface area contributed by atoms with E-state index < -0.39 is 0 Å². The van der Waals surface area contributed by atoms with Gasteiger partial charge in [0.2, 0.25) is 5.91 Å². The molecule has 0 radical (unpaired) electrons. The molecule has 0 spiro atoms. The predicted molar refractivity (Wildman–Crippen MR) is 86.6 cm³/mol. The first-order valence-electron chi connectivity index (χ1n) is 6.54. The Kier molecular flexibility index (Phi) is 5.18. The Labute approximate surface area is 127 Å². The normalized spacial score (nSPS) is 10.2. The van der Waals surface area contributed by atoms with Crippen LogP contribution in [0.1, 0.15) is 18.4 Å². The lowest BCUT2D eigenvalue weighted by Crippen LogP contribution is -2.12. The maximum absolute atomic E-state index is 11.9. The van der Waals surface area contributed by atoms with Crippen LogP contribution in [0.4, 0.5) is 11.4 Å². The third-order valence-electron chi connectivity index (χ3n) is 2.98. The van der Waals surface area contributed by atoms with E-state index in [1.165, 1.54) is 5.56 Å². The zero-order valence-corrected chi connectivity index (χ0v) is 12.7. The van der Waals surface area contributed by atoms with E-state index in [0.29, 0.717) is 12.1 Å². The maximum Gasteiger partial charge on any atom is 0.224 e. The molecular weight excluding hydrogens is 316 g/mol. The third kappa shape index (κ3) is 4.38. The monoisotopic (exact) mass is 332 g/mol. The van der Waals surface area contributed by atoms with Crippen LogP contribution in [0.3, 0.4) is 0 Å². The van der Waals surface area contributed by atoms with Crippen molar-refractivity contribution in [2.45, 2.75) is 19.3 Å². The highest BCUT2D eigenvalue weighted by Crippen LogP contribution is 2.24. The van der Waals surface area contributed by atoms with Gasteiger partial charge in [0.1, 0.15) is 0 Å². The molecule has 0 fully saturated rings. The molecule has 0 heterocycles. The highest BCUT2D eigenvalue weighted by atomic mass is 79.9. The fraction of sp³-hybridized carbons (Fsp3) is 0.188. The summed E-state index contributed by atoms with van der Waals surface area (Å²) in [4.78, 5) is 11.9. The molecule has 0 aromatic heterocycles. The van der Waals surface area contributed by atoms with Crippen molar-refractivity contribution in [3.05, 3.63) is 58.6 Å². The number of amides is 1. The number of carbonyl (C=O) groups excluding carboxylic acids is 1. The molecule has 0 unspecified atom stereocenters. The Morgan fingerprint density at radius 1 is 1.15 bits per heavy atom. The fourth-order valence-corrected chi connectivity index (χ4v) is 2.44. The number of aryl methyl sites for hydroxylation is 1. The van der Waals surface area contributed by atoms with Gasteiger partial charge in [0, 0.05) is 16.6 Å². The molecule has 2 aromatic rings. The SMILES string of the molecule is Nc1ccc(NC(=O)CCCc2ccccc2)c(Br)c1. The van der Waals surface area contributed by atoms with Crippen molar-refractivity contribution in [2.24, 2.45) is 0 Å². The Morgan fingerprint density at radius 2 is 1.90 bits per heavy atom. The Balaban J connectivity index is 1.81. The number of benzene rings is 2. The van der Waals surface area contributed by atoms with Gasteiger partial charge in [0.15, 0.2) is 0 Å². The molecule has 20 heavy (non-hydrogen) atoms. The van der Waals surface area contributed by atoms with Gasteiger partial charge in [-0.1, -0.05) is 30.3 Å². The smallest absolute Gasteiger partial charge is 0.224 e. The average Bonchev–Trinajstić information content (AvgIpc) is 2.43. The molecule has 104 valence electrons. The predicted octanol–water partition coefficient (Wildman–Crippen LogP) is 3.99. The second kappa shape index (κ2) is 7.10. The van der Waals surface area contributed by atoms with Crippen LogP contribution < -0.4 is 11.1 Å². The van der Waals surface area contributed by atoms with Crippen molar-refractivity contribution in [3.8, 4) is 0 Å². The van der Waals surface area contributed by atoms with Crippen LogP contribution >= 0.6 is 15.9 Å². The van der Waals surface area contributed by atoms with Gasteiger partial charge >= 0.3 is 0 Å². The Bertz CT molecular complexity index is 584. The van der Waals surface area contributed by atoms with Crippen molar-refractivity contribution in [1.82, 2.24) is 0 Å². The number of nitrogens with one attached hydrogen (secondary N) is 1. The lowest BCUT2D eigenvalue weighted by Gasteiger charge is -2.08. The number of halogens is 1. The minimum atomic E-state index is 0.0198. The van der Waals surface area contributed by atoms with Crippen molar-refractivity contribution in [1.29, 1.82) is 0 Å². The molecule has 0 saturated heterocycles. The van der Waals surface area contributed by atoms with E-state index in [4.69, 9.17) is 5.73 Å². The van der Waals surface area contributed by atoms with Crippen molar-refractivity contribution >= 4 is 33.2 Å². The van der Waals surface area contributed by atoms with Crippen LogP contribution in [0.2, 0.25) is 0 Å². The van der Waals surface area contributed by atoms with Crippen molar-refractivity contribution < 1.29 is 4.79 Å². The number of carbonyl (C=O) groups is 1. The molecular formula is C16H17BrN2O. The van der Waals surface area contributed by atoms with Gasteiger partial charge in [-0.2, -0.15) is 0 Å². The molecule has 2 rings (SSSR count). The summed E-state index contributed by atoms with van der Waals surface area (Å²) in [5, 5.41) is 2.88. The highest BCUT2D eigenvalue weighted by Gasteiger charge is 2.05. The minimum Gasteiger partial charge on any atom is -0.399 e. The summed E-state index contributed by atoms with van der Waals surface area (Å²) in [6.07, 6.45) is 2.26. The number of rotatable bonds is 5. The zero-order valence-electron chi connectivity index (χ0n) is 11.1. The minimum absolute atomic E-state index is 0.0198. The fourth-order valence-electron chi connectivity index (χ4n) is 1.94. The average molecular weight is 333 g/mol. The largest absolute Gasteiger partial charge is 0.399 e. The second-order valence-corrected chi connectivity index (χ2v) is 5.48. The van der Waals surface area contributed by atoms with Crippen molar-refractivity contribution in [2.75, 3.05) is 11.1 Å². The number of hydrogen-bond acceptors (Lipinski definition) is 2. The van der Waals surface area contributed by atoms with E-state index in [-0.39, 0.29) is 5.91 Å². The molecule has 0 atom stereocenters. The number of nitrogen functional groups attached to an aromatic ring is 1. The summed E-state index contributed by atoms with van der Waals surface area (Å²) in [6, 6.07) is 15.5. The van der Waals surface area contributed by atoms with Crippen LogP contribution in [0, 0.1) is 0 Å². The summed E-state index contributed by atoms with van der Waals surface area (Å²) in [5.41, 5.74) is 8.34. The van der Waals surface area contributed by atoms with Crippen LogP contribution in [0.25, 0.3) is 0 Å². The van der Waals surface area contributed by atoms with Gasteiger partial charge in [-0.3, -0.25) is 4.79 Å². The summed E-state index contributed by atoms with van der Waals surface area (Å²) in [5.74, 6) is 0.0198. The summed E-state index contributed by atoms with van der Waals surface area (Å²) in [7, 11) is 0. The van der Waals surface area contributed by atoms with Crippen LogP contribution in [-0.4, -0.2) is 5.91 Å². The Morgan fingerprint density at radius 3 is 2.60 bits per heavy atom. The van der Waals surface area contributed by atoms with Gasteiger partial charge < -0.3 is 11.1 Å². The molecule has 0 bridgehead atoms. The summed E-state index contributed by atoms with van der Waals surface area (Å²) >= 11 is 3.39. The molecule has 3 N–H and O–H groups in total. The molecule has 0 aliphatic heterocycles. The van der Waals surface area contributed by atoms with E-state index in [9.17, 15) is 4.79 Å². The number of nitrogens with two attached hydrogens (primary N) is 1. The quantitative estimate of drug-likeness (QED) is 0.813. The van der Waals surface area contributed by atoms with Crippen LogP contribution in [-0.2, 0) is 11.2 Å². The molecule has 4 heteroatoms.